The summed E-state index contributed by atoms with van der Waals surface area (Å²) < 4.78 is 0. The van der Waals surface area contributed by atoms with Gasteiger partial charge in [-0.1, -0.05) is 32.9 Å². The Hall–Kier alpha value is -2.82. The van der Waals surface area contributed by atoms with E-state index in [2.05, 4.69) is 31.3 Å². The molecule has 0 bridgehead atoms. The van der Waals surface area contributed by atoms with Crippen molar-refractivity contribution >= 4 is 12.1 Å². The van der Waals surface area contributed by atoms with Crippen LogP contribution in [-0.4, -0.2) is 22.3 Å². The molecule has 0 aliphatic rings. The quantitative estimate of drug-likeness (QED) is 0.580. The first kappa shape index (κ1) is 17.5. The summed E-state index contributed by atoms with van der Waals surface area (Å²) in [5.41, 5.74) is 4.58. The van der Waals surface area contributed by atoms with E-state index in [0.29, 0.717) is 11.1 Å². The monoisotopic (exact) mass is 326 g/mol. The molecule has 0 heterocycles. The van der Waals surface area contributed by atoms with Crippen LogP contribution in [0.4, 0.5) is 0 Å². The molecule has 0 atom stereocenters. The van der Waals surface area contributed by atoms with Crippen LogP contribution in [0.2, 0.25) is 0 Å². The molecule has 5 nitrogen and oxygen atoms in total. The molecule has 0 radical (unpaired) electrons. The van der Waals surface area contributed by atoms with Gasteiger partial charge in [0.1, 0.15) is 11.5 Å². The summed E-state index contributed by atoms with van der Waals surface area (Å²) >= 11 is 0. The first-order valence-corrected chi connectivity index (χ1v) is 7.79. The molecule has 0 aliphatic heterocycles. The van der Waals surface area contributed by atoms with Crippen LogP contribution in [0.3, 0.4) is 0 Å². The topological polar surface area (TPSA) is 81.9 Å². The van der Waals surface area contributed by atoms with Gasteiger partial charge in [-0.05, 0) is 41.7 Å². The normalized spacial score (nSPS) is 11.6. The molecule has 0 aliphatic carbocycles. The number of hydrogen-bond acceptors (Lipinski definition) is 4. The second kappa shape index (κ2) is 7.17. The number of phenols is 2. The van der Waals surface area contributed by atoms with Gasteiger partial charge in [0.2, 0.25) is 0 Å². The summed E-state index contributed by atoms with van der Waals surface area (Å²) in [6, 6.07) is 11.6. The lowest BCUT2D eigenvalue weighted by Crippen LogP contribution is -2.19. The fourth-order valence-electron chi connectivity index (χ4n) is 2.14. The van der Waals surface area contributed by atoms with Crippen molar-refractivity contribution in [2.75, 3.05) is 0 Å². The van der Waals surface area contributed by atoms with Crippen molar-refractivity contribution in [3.63, 3.8) is 0 Å². The third kappa shape index (κ3) is 4.13. The number of nitrogens with one attached hydrogen (secondary N) is 1. The first-order valence-electron chi connectivity index (χ1n) is 7.79. The van der Waals surface area contributed by atoms with Crippen molar-refractivity contribution in [1.29, 1.82) is 0 Å². The standard InChI is InChI=1S/C19H22N2O3/c1-4-19(2,3)15-8-5-13(6-9-15)18(24)21-20-12-14-7-10-16(22)11-17(14)23/h5-12,22-23H,4H2,1-3H3,(H,21,24)/b20-12+. The molecule has 24 heavy (non-hydrogen) atoms. The zero-order chi connectivity index (χ0) is 17.7. The molecule has 3 N–H and O–H groups in total. The molecule has 0 aromatic heterocycles. The number of aromatic hydroxyl groups is 2. The lowest BCUT2D eigenvalue weighted by Gasteiger charge is -2.23. The number of nitrogens with zero attached hydrogens (tertiary/aromatic N) is 1. The SMILES string of the molecule is CCC(C)(C)c1ccc(C(=O)N/N=C/c2ccc(O)cc2O)cc1. The van der Waals surface area contributed by atoms with Crippen molar-refractivity contribution in [2.45, 2.75) is 32.6 Å². The number of hydrogen-bond donors (Lipinski definition) is 3. The average Bonchev–Trinajstić information content (AvgIpc) is 2.57. The Morgan fingerprint density at radius 2 is 1.83 bits per heavy atom. The van der Waals surface area contributed by atoms with Gasteiger partial charge in [-0.15, -0.1) is 0 Å². The number of benzene rings is 2. The van der Waals surface area contributed by atoms with Gasteiger partial charge >= 0.3 is 0 Å². The largest absolute Gasteiger partial charge is 0.508 e. The molecule has 0 saturated heterocycles. The van der Waals surface area contributed by atoms with Crippen molar-refractivity contribution in [3.05, 3.63) is 59.2 Å². The van der Waals surface area contributed by atoms with Crippen LogP contribution in [-0.2, 0) is 5.41 Å². The van der Waals surface area contributed by atoms with Crippen LogP contribution in [0.15, 0.2) is 47.6 Å². The number of phenolic OH excluding ortho intramolecular Hbond substituents is 2. The molecular weight excluding hydrogens is 304 g/mol. The van der Waals surface area contributed by atoms with Crippen LogP contribution in [0.25, 0.3) is 0 Å². The number of amides is 1. The number of rotatable bonds is 5. The summed E-state index contributed by atoms with van der Waals surface area (Å²) in [6.07, 6.45) is 2.33. The molecule has 0 fully saturated rings. The number of carbonyl (C=O) groups excluding carboxylic acids is 1. The van der Waals surface area contributed by atoms with Gasteiger partial charge in [0.15, 0.2) is 0 Å². The van der Waals surface area contributed by atoms with Gasteiger partial charge in [-0.25, -0.2) is 5.43 Å². The Kier molecular flexibility index (Phi) is 5.24. The summed E-state index contributed by atoms with van der Waals surface area (Å²) in [7, 11) is 0. The Morgan fingerprint density at radius 3 is 2.42 bits per heavy atom. The minimum atomic E-state index is -0.328. The van der Waals surface area contributed by atoms with Gasteiger partial charge in [0.25, 0.3) is 5.91 Å². The van der Waals surface area contributed by atoms with Crippen LogP contribution >= 0.6 is 0 Å². The third-order valence-electron chi connectivity index (χ3n) is 4.20. The van der Waals surface area contributed by atoms with E-state index in [9.17, 15) is 15.0 Å². The maximum absolute atomic E-state index is 12.1. The van der Waals surface area contributed by atoms with Crippen LogP contribution in [0, 0.1) is 0 Å². The lowest BCUT2D eigenvalue weighted by atomic mass is 9.82. The highest BCUT2D eigenvalue weighted by atomic mass is 16.3. The van der Waals surface area contributed by atoms with Crippen molar-refractivity contribution in [1.82, 2.24) is 5.43 Å². The van der Waals surface area contributed by atoms with Crippen molar-refractivity contribution in [3.8, 4) is 11.5 Å². The number of carbonyl (C=O) groups is 1. The van der Waals surface area contributed by atoms with E-state index in [1.54, 1.807) is 12.1 Å². The summed E-state index contributed by atoms with van der Waals surface area (Å²) in [5.74, 6) is -0.478. The van der Waals surface area contributed by atoms with Gasteiger partial charge in [0, 0.05) is 17.2 Å². The fraction of sp³-hybridized carbons (Fsp3) is 0.263. The Bertz CT molecular complexity index is 750. The molecule has 0 spiro atoms. The van der Waals surface area contributed by atoms with Crippen molar-refractivity contribution < 1.29 is 15.0 Å². The smallest absolute Gasteiger partial charge is 0.271 e. The molecule has 2 aromatic carbocycles. The van der Waals surface area contributed by atoms with E-state index in [1.165, 1.54) is 30.0 Å². The molecule has 2 aromatic rings. The molecule has 5 heteroatoms. The van der Waals surface area contributed by atoms with E-state index in [1.807, 2.05) is 12.1 Å². The Balaban J connectivity index is 2.03. The van der Waals surface area contributed by atoms with Gasteiger partial charge in [-0.3, -0.25) is 4.79 Å². The predicted octanol–water partition coefficient (Wildman–Crippen LogP) is 3.55. The second-order valence-electron chi connectivity index (χ2n) is 6.26. The third-order valence-corrected chi connectivity index (χ3v) is 4.20. The second-order valence-corrected chi connectivity index (χ2v) is 6.26. The maximum atomic E-state index is 12.1. The number of hydrazone groups is 1. The van der Waals surface area contributed by atoms with Gasteiger partial charge in [0.05, 0.1) is 6.21 Å². The average molecular weight is 326 g/mol. The minimum Gasteiger partial charge on any atom is -0.508 e. The van der Waals surface area contributed by atoms with Gasteiger partial charge in [-0.2, -0.15) is 5.10 Å². The molecule has 2 rings (SSSR count). The fourth-order valence-corrected chi connectivity index (χ4v) is 2.14. The van der Waals surface area contributed by atoms with Gasteiger partial charge < -0.3 is 10.2 Å². The maximum Gasteiger partial charge on any atom is 0.271 e. The van der Waals surface area contributed by atoms with E-state index in [0.717, 1.165) is 6.42 Å². The Labute approximate surface area is 141 Å². The molecule has 126 valence electrons. The molecular formula is C19H22N2O3. The minimum absolute atomic E-state index is 0.0382. The summed E-state index contributed by atoms with van der Waals surface area (Å²) in [5, 5.41) is 22.7. The zero-order valence-corrected chi connectivity index (χ0v) is 14.1. The molecule has 1 amide bonds. The predicted molar refractivity (Wildman–Crippen MR) is 94.6 cm³/mol. The first-order chi connectivity index (χ1) is 11.3. The van der Waals surface area contributed by atoms with Crippen molar-refractivity contribution in [2.24, 2.45) is 5.10 Å². The summed E-state index contributed by atoms with van der Waals surface area (Å²) in [6.45, 7) is 6.46. The van der Waals surface area contributed by atoms with Crippen LogP contribution in [0.1, 0.15) is 48.7 Å². The zero-order valence-electron chi connectivity index (χ0n) is 14.1. The highest BCUT2D eigenvalue weighted by molar-refractivity contribution is 5.95. The molecule has 0 saturated carbocycles. The highest BCUT2D eigenvalue weighted by Gasteiger charge is 2.18. The van der Waals surface area contributed by atoms with E-state index < -0.39 is 0 Å². The summed E-state index contributed by atoms with van der Waals surface area (Å²) in [4.78, 5) is 12.1. The highest BCUT2D eigenvalue weighted by Crippen LogP contribution is 2.26. The van der Waals surface area contributed by atoms with E-state index in [-0.39, 0.29) is 22.8 Å². The lowest BCUT2D eigenvalue weighted by molar-refractivity contribution is 0.0955. The van der Waals surface area contributed by atoms with E-state index >= 15 is 0 Å². The Morgan fingerprint density at radius 1 is 1.17 bits per heavy atom. The van der Waals surface area contributed by atoms with E-state index in [4.69, 9.17) is 0 Å². The molecule has 0 unspecified atom stereocenters. The van der Waals surface area contributed by atoms with Crippen LogP contribution < -0.4 is 5.43 Å². The van der Waals surface area contributed by atoms with Crippen LogP contribution in [0.5, 0.6) is 11.5 Å².